The summed E-state index contributed by atoms with van der Waals surface area (Å²) in [6.45, 7) is 1.99. The summed E-state index contributed by atoms with van der Waals surface area (Å²) in [4.78, 5) is 15.3. The number of carbonyl (C=O) groups excluding carboxylic acids is 1. The van der Waals surface area contributed by atoms with Gasteiger partial charge in [0.05, 0.1) is 0 Å². The van der Waals surface area contributed by atoms with Gasteiger partial charge in [0.1, 0.15) is 5.69 Å². The monoisotopic (exact) mass is 212 g/mol. The van der Waals surface area contributed by atoms with Gasteiger partial charge in [-0.1, -0.05) is 30.3 Å². The van der Waals surface area contributed by atoms with Crippen LogP contribution in [0.25, 0.3) is 11.1 Å². The lowest BCUT2D eigenvalue weighted by molar-refractivity contribution is 0.0996. The van der Waals surface area contributed by atoms with Crippen molar-refractivity contribution in [1.82, 2.24) is 4.98 Å². The molecule has 2 rings (SSSR count). The van der Waals surface area contributed by atoms with E-state index in [2.05, 4.69) is 4.98 Å². The first-order valence-corrected chi connectivity index (χ1v) is 5.01. The van der Waals surface area contributed by atoms with Crippen molar-refractivity contribution in [3.05, 3.63) is 53.9 Å². The average Bonchev–Trinajstić information content (AvgIpc) is 2.29. The summed E-state index contributed by atoms with van der Waals surface area (Å²) >= 11 is 0. The largest absolute Gasteiger partial charge is 0.364 e. The average molecular weight is 212 g/mol. The minimum atomic E-state index is -0.501. The third kappa shape index (κ3) is 1.80. The number of rotatable bonds is 2. The zero-order valence-corrected chi connectivity index (χ0v) is 8.97. The van der Waals surface area contributed by atoms with Gasteiger partial charge in [-0.15, -0.1) is 0 Å². The van der Waals surface area contributed by atoms with Crippen LogP contribution in [-0.4, -0.2) is 10.9 Å². The molecule has 0 bridgehead atoms. The molecular weight excluding hydrogens is 200 g/mol. The van der Waals surface area contributed by atoms with Crippen molar-refractivity contribution in [3.63, 3.8) is 0 Å². The van der Waals surface area contributed by atoms with E-state index in [9.17, 15) is 4.79 Å². The number of aryl methyl sites for hydroxylation is 1. The number of nitrogens with zero attached hydrogens (tertiary/aromatic N) is 1. The van der Waals surface area contributed by atoms with Gasteiger partial charge in [0.2, 0.25) is 0 Å². The van der Waals surface area contributed by atoms with E-state index in [1.807, 2.05) is 37.3 Å². The van der Waals surface area contributed by atoms with Crippen LogP contribution >= 0.6 is 0 Å². The number of benzene rings is 1. The Kier molecular flexibility index (Phi) is 2.68. The fourth-order valence-electron chi connectivity index (χ4n) is 1.69. The van der Waals surface area contributed by atoms with Crippen molar-refractivity contribution in [2.75, 3.05) is 0 Å². The summed E-state index contributed by atoms with van der Waals surface area (Å²) in [5, 5.41) is 0. The molecule has 1 heterocycles. The van der Waals surface area contributed by atoms with E-state index in [1.54, 1.807) is 12.3 Å². The van der Waals surface area contributed by atoms with Gasteiger partial charge in [0.25, 0.3) is 5.91 Å². The molecule has 0 aliphatic rings. The first kappa shape index (κ1) is 10.4. The second kappa shape index (κ2) is 4.14. The van der Waals surface area contributed by atoms with Crippen LogP contribution in [0.5, 0.6) is 0 Å². The van der Waals surface area contributed by atoms with Gasteiger partial charge in [-0.3, -0.25) is 9.78 Å². The normalized spacial score (nSPS) is 10.1. The molecule has 16 heavy (non-hydrogen) atoms. The minimum absolute atomic E-state index is 0.316. The molecule has 0 saturated carbocycles. The van der Waals surface area contributed by atoms with Crippen LogP contribution in [0.1, 0.15) is 16.1 Å². The lowest BCUT2D eigenvalue weighted by atomic mass is 9.99. The Morgan fingerprint density at radius 1 is 1.12 bits per heavy atom. The third-order valence-electron chi connectivity index (χ3n) is 2.48. The molecule has 0 atom stereocenters. The molecule has 0 radical (unpaired) electrons. The molecule has 3 heteroatoms. The SMILES string of the molecule is Cc1ccccc1-c1cccnc1C(N)=O. The number of carbonyl (C=O) groups is 1. The fraction of sp³-hybridized carbons (Fsp3) is 0.0769. The van der Waals surface area contributed by atoms with Crippen molar-refractivity contribution < 1.29 is 4.79 Å². The van der Waals surface area contributed by atoms with Gasteiger partial charge in [-0.05, 0) is 24.1 Å². The molecule has 1 amide bonds. The molecule has 2 aromatic rings. The predicted octanol–water partition coefficient (Wildman–Crippen LogP) is 2.16. The maximum atomic E-state index is 11.3. The highest BCUT2D eigenvalue weighted by Crippen LogP contribution is 2.24. The first-order valence-electron chi connectivity index (χ1n) is 5.01. The molecule has 3 nitrogen and oxygen atoms in total. The lowest BCUT2D eigenvalue weighted by Gasteiger charge is -2.08. The molecule has 0 spiro atoms. The fourth-order valence-corrected chi connectivity index (χ4v) is 1.69. The van der Waals surface area contributed by atoms with Crippen LogP contribution in [0.4, 0.5) is 0 Å². The Morgan fingerprint density at radius 3 is 2.50 bits per heavy atom. The van der Waals surface area contributed by atoms with Gasteiger partial charge >= 0.3 is 0 Å². The van der Waals surface area contributed by atoms with Crippen molar-refractivity contribution in [1.29, 1.82) is 0 Å². The van der Waals surface area contributed by atoms with Crippen molar-refractivity contribution >= 4 is 5.91 Å². The first-order chi connectivity index (χ1) is 7.70. The van der Waals surface area contributed by atoms with Gasteiger partial charge < -0.3 is 5.73 Å². The van der Waals surface area contributed by atoms with Crippen LogP contribution in [0.15, 0.2) is 42.6 Å². The summed E-state index contributed by atoms with van der Waals surface area (Å²) in [6, 6.07) is 11.5. The second-order valence-corrected chi connectivity index (χ2v) is 3.58. The maximum absolute atomic E-state index is 11.3. The topological polar surface area (TPSA) is 56.0 Å². The van der Waals surface area contributed by atoms with E-state index in [4.69, 9.17) is 5.73 Å². The zero-order valence-electron chi connectivity index (χ0n) is 8.97. The standard InChI is InChI=1S/C13H12N2O/c1-9-5-2-3-6-10(9)11-7-4-8-15-12(11)13(14)16/h2-8H,1H3,(H2,14,16). The third-order valence-corrected chi connectivity index (χ3v) is 2.48. The molecule has 80 valence electrons. The molecule has 1 aromatic carbocycles. The van der Waals surface area contributed by atoms with Gasteiger partial charge in [-0.25, -0.2) is 0 Å². The summed E-state index contributed by atoms with van der Waals surface area (Å²) < 4.78 is 0. The summed E-state index contributed by atoms with van der Waals surface area (Å²) in [7, 11) is 0. The second-order valence-electron chi connectivity index (χ2n) is 3.58. The molecule has 2 N–H and O–H groups in total. The Labute approximate surface area is 93.9 Å². The van der Waals surface area contributed by atoms with Crippen LogP contribution in [-0.2, 0) is 0 Å². The number of nitrogens with two attached hydrogens (primary N) is 1. The van der Waals surface area contributed by atoms with Crippen LogP contribution in [0.2, 0.25) is 0 Å². The molecule has 0 unspecified atom stereocenters. The molecule has 1 aromatic heterocycles. The Morgan fingerprint density at radius 2 is 1.81 bits per heavy atom. The van der Waals surface area contributed by atoms with Crippen molar-refractivity contribution in [2.45, 2.75) is 6.92 Å². The van der Waals surface area contributed by atoms with Gasteiger partial charge in [0, 0.05) is 11.8 Å². The molecule has 0 aliphatic heterocycles. The van der Waals surface area contributed by atoms with Gasteiger partial charge in [-0.2, -0.15) is 0 Å². The number of pyridine rings is 1. The van der Waals surface area contributed by atoms with Crippen LogP contribution in [0.3, 0.4) is 0 Å². The van der Waals surface area contributed by atoms with Crippen molar-refractivity contribution in [2.24, 2.45) is 5.73 Å². The molecule has 0 aliphatic carbocycles. The highest BCUT2D eigenvalue weighted by atomic mass is 16.1. The summed E-state index contributed by atoms with van der Waals surface area (Å²) in [5.74, 6) is -0.501. The van der Waals surface area contributed by atoms with E-state index in [1.165, 1.54) is 0 Å². The Hall–Kier alpha value is -2.16. The van der Waals surface area contributed by atoms with E-state index in [-0.39, 0.29) is 0 Å². The smallest absolute Gasteiger partial charge is 0.267 e. The quantitative estimate of drug-likeness (QED) is 0.829. The van der Waals surface area contributed by atoms with E-state index in [0.29, 0.717) is 5.69 Å². The van der Waals surface area contributed by atoms with Gasteiger partial charge in [0.15, 0.2) is 0 Å². The van der Waals surface area contributed by atoms with E-state index in [0.717, 1.165) is 16.7 Å². The highest BCUT2D eigenvalue weighted by Gasteiger charge is 2.11. The van der Waals surface area contributed by atoms with E-state index < -0.39 is 5.91 Å². The Balaban J connectivity index is 2.65. The number of aromatic nitrogens is 1. The minimum Gasteiger partial charge on any atom is -0.364 e. The van der Waals surface area contributed by atoms with Crippen LogP contribution < -0.4 is 5.73 Å². The molecule has 0 fully saturated rings. The zero-order chi connectivity index (χ0) is 11.5. The summed E-state index contributed by atoms with van der Waals surface area (Å²) in [6.07, 6.45) is 1.57. The Bertz CT molecular complexity index is 535. The molecule has 0 saturated heterocycles. The number of hydrogen-bond acceptors (Lipinski definition) is 2. The number of amides is 1. The number of primary amides is 1. The lowest BCUT2D eigenvalue weighted by Crippen LogP contribution is -2.14. The van der Waals surface area contributed by atoms with Crippen LogP contribution in [0, 0.1) is 6.92 Å². The summed E-state index contributed by atoms with van der Waals surface area (Å²) in [5.41, 5.74) is 8.49. The molecular formula is C13H12N2O. The number of hydrogen-bond donors (Lipinski definition) is 1. The predicted molar refractivity (Wildman–Crippen MR) is 62.9 cm³/mol. The highest BCUT2D eigenvalue weighted by molar-refractivity contribution is 5.98. The maximum Gasteiger partial charge on any atom is 0.267 e. The van der Waals surface area contributed by atoms with Crippen molar-refractivity contribution in [3.8, 4) is 11.1 Å². The van der Waals surface area contributed by atoms with E-state index >= 15 is 0 Å².